The number of amides is 7. The van der Waals surface area contributed by atoms with Crippen molar-refractivity contribution in [1.82, 2.24) is 35.6 Å². The van der Waals surface area contributed by atoms with E-state index in [0.29, 0.717) is 19.3 Å². The van der Waals surface area contributed by atoms with E-state index in [1.165, 1.54) is 54.6 Å². The second-order valence-corrected chi connectivity index (χ2v) is 17.4. The Morgan fingerprint density at radius 1 is 0.561 bits per heavy atom. The zero-order chi connectivity index (χ0) is 44.1. The number of unbranched alkanes of at least 4 members (excludes halogenated alkanes) is 3. The largest absolute Gasteiger partial charge is 0.390 e. The molecule has 9 atom stereocenters. The van der Waals surface area contributed by atoms with Gasteiger partial charge in [-0.1, -0.05) is 94.4 Å². The van der Waals surface area contributed by atoms with E-state index in [1.54, 1.807) is 27.8 Å². The van der Waals surface area contributed by atoms with Gasteiger partial charge in [0.2, 0.25) is 41.4 Å². The molecule has 1 aliphatic heterocycles. The monoisotopic (exact) mass is 808 g/mol. The molecule has 0 aromatic heterocycles. The summed E-state index contributed by atoms with van der Waals surface area (Å²) in [5, 5.41) is 19.6. The molecule has 0 saturated carbocycles. The standard InChI is InChI=1S/C42H77N7O8/c1-16-18-19-20-21-31-41(56)49(15)32(23-25(5)6)37(52)43-30(22-24(3)4)40(55)47(13)29(11)39(54)46(12)28(10)36(51)45-34(35(50)26(7)8)38(53)44-33(27(9)17-2)42(57)48(31)14/h24-35,50H,16-23H2,1-15H3,(H,43,52)(H,44,53)(H,45,51)/t27-,28+,29-,30-,31-,32-,33+,34+,35+/m0/s1. The highest BCUT2D eigenvalue weighted by Gasteiger charge is 2.42. The van der Waals surface area contributed by atoms with Crippen LogP contribution in [-0.2, 0) is 33.6 Å². The number of hydrogen-bond donors (Lipinski definition) is 4. The Bertz CT molecular complexity index is 1370. The Morgan fingerprint density at radius 2 is 1.09 bits per heavy atom. The van der Waals surface area contributed by atoms with Gasteiger partial charge in [-0.3, -0.25) is 33.6 Å². The second-order valence-electron chi connectivity index (χ2n) is 17.4. The Balaban J connectivity index is 4.07. The van der Waals surface area contributed by atoms with E-state index in [1.807, 2.05) is 34.6 Å². The number of carbonyl (C=O) groups is 7. The predicted molar refractivity (Wildman–Crippen MR) is 221 cm³/mol. The van der Waals surface area contributed by atoms with Gasteiger partial charge in [-0.25, -0.2) is 0 Å². The van der Waals surface area contributed by atoms with Crippen LogP contribution in [0.25, 0.3) is 0 Å². The second kappa shape index (κ2) is 23.6. The topological polar surface area (TPSA) is 189 Å². The first-order chi connectivity index (χ1) is 26.4. The average Bonchev–Trinajstić information content (AvgIpc) is 3.16. The summed E-state index contributed by atoms with van der Waals surface area (Å²) in [6.07, 6.45) is 3.30. The maximum Gasteiger partial charge on any atom is 0.245 e. The van der Waals surface area contributed by atoms with E-state index in [4.69, 9.17) is 0 Å². The number of aliphatic hydroxyl groups is 1. The molecule has 0 aliphatic carbocycles. The van der Waals surface area contributed by atoms with E-state index in [0.717, 1.165) is 19.3 Å². The minimum Gasteiger partial charge on any atom is -0.390 e. The lowest BCUT2D eigenvalue weighted by molar-refractivity contribution is -0.151. The van der Waals surface area contributed by atoms with Crippen molar-refractivity contribution < 1.29 is 38.7 Å². The number of aliphatic hydroxyl groups excluding tert-OH is 1. The summed E-state index contributed by atoms with van der Waals surface area (Å²) in [5.74, 6) is -5.09. The van der Waals surface area contributed by atoms with Crippen LogP contribution in [0.15, 0.2) is 0 Å². The van der Waals surface area contributed by atoms with Crippen molar-refractivity contribution in [3.8, 4) is 0 Å². The lowest BCUT2D eigenvalue weighted by Gasteiger charge is -2.38. The molecule has 15 nitrogen and oxygen atoms in total. The van der Waals surface area contributed by atoms with E-state index in [2.05, 4.69) is 22.9 Å². The third kappa shape index (κ3) is 14.2. The van der Waals surface area contributed by atoms with Crippen LogP contribution in [0.5, 0.6) is 0 Å². The molecule has 0 spiro atoms. The zero-order valence-electron chi connectivity index (χ0n) is 37.7. The number of nitrogens with one attached hydrogen (secondary N) is 3. The molecular formula is C42H77N7O8. The van der Waals surface area contributed by atoms with Gasteiger partial charge in [-0.05, 0) is 56.8 Å². The first-order valence-electron chi connectivity index (χ1n) is 21.1. The zero-order valence-corrected chi connectivity index (χ0v) is 37.7. The smallest absolute Gasteiger partial charge is 0.245 e. The molecule has 0 unspecified atom stereocenters. The van der Waals surface area contributed by atoms with Crippen molar-refractivity contribution in [3.05, 3.63) is 0 Å². The van der Waals surface area contributed by atoms with Gasteiger partial charge in [0.05, 0.1) is 6.10 Å². The highest BCUT2D eigenvalue weighted by Crippen LogP contribution is 2.22. The van der Waals surface area contributed by atoms with Crippen LogP contribution >= 0.6 is 0 Å². The van der Waals surface area contributed by atoms with Crippen LogP contribution in [0, 0.1) is 23.7 Å². The molecule has 1 aliphatic rings. The Kier molecular flexibility index (Phi) is 21.2. The van der Waals surface area contributed by atoms with Crippen molar-refractivity contribution in [2.24, 2.45) is 23.7 Å². The summed E-state index contributed by atoms with van der Waals surface area (Å²) >= 11 is 0. The van der Waals surface area contributed by atoms with E-state index >= 15 is 0 Å². The summed E-state index contributed by atoms with van der Waals surface area (Å²) in [6, 6.07) is -7.83. The molecule has 0 radical (unpaired) electrons. The molecule has 7 amide bonds. The van der Waals surface area contributed by atoms with Crippen LogP contribution in [-0.4, -0.2) is 143 Å². The Labute approximate surface area is 342 Å². The summed E-state index contributed by atoms with van der Waals surface area (Å²) in [5.41, 5.74) is 0. The number of nitrogens with zero attached hydrogens (tertiary/aromatic N) is 4. The summed E-state index contributed by atoms with van der Waals surface area (Å²) in [6.45, 7) is 19.8. The highest BCUT2D eigenvalue weighted by molar-refractivity contribution is 5.98. The van der Waals surface area contributed by atoms with Crippen molar-refractivity contribution in [1.29, 1.82) is 0 Å². The van der Waals surface area contributed by atoms with Gasteiger partial charge in [0, 0.05) is 28.2 Å². The third-order valence-corrected chi connectivity index (χ3v) is 11.5. The molecular weight excluding hydrogens is 731 g/mol. The van der Waals surface area contributed by atoms with Crippen LogP contribution in [0.4, 0.5) is 0 Å². The lowest BCUT2D eigenvalue weighted by Crippen LogP contribution is -2.63. The van der Waals surface area contributed by atoms with Crippen molar-refractivity contribution in [2.45, 2.75) is 176 Å². The number of rotatable bonds is 13. The molecule has 57 heavy (non-hydrogen) atoms. The number of hydrogen-bond acceptors (Lipinski definition) is 8. The molecule has 4 N–H and O–H groups in total. The maximum absolute atomic E-state index is 14.7. The third-order valence-electron chi connectivity index (χ3n) is 11.5. The van der Waals surface area contributed by atoms with Gasteiger partial charge in [-0.2, -0.15) is 0 Å². The molecule has 1 rings (SSSR count). The number of carbonyl (C=O) groups excluding carboxylic acids is 7. The van der Waals surface area contributed by atoms with Crippen LogP contribution < -0.4 is 16.0 Å². The summed E-state index contributed by atoms with van der Waals surface area (Å²) in [7, 11) is 5.94. The molecule has 0 aromatic carbocycles. The van der Waals surface area contributed by atoms with Gasteiger partial charge in [-0.15, -0.1) is 0 Å². The molecule has 1 saturated heterocycles. The van der Waals surface area contributed by atoms with Gasteiger partial charge in [0.1, 0.15) is 42.3 Å². The summed E-state index contributed by atoms with van der Waals surface area (Å²) in [4.78, 5) is 104. The lowest BCUT2D eigenvalue weighted by atomic mass is 9.94. The number of likely N-dealkylation sites (N-methyl/N-ethyl adjacent to an activating group) is 4. The quantitative estimate of drug-likeness (QED) is 0.205. The maximum atomic E-state index is 14.7. The molecule has 1 heterocycles. The molecule has 328 valence electrons. The van der Waals surface area contributed by atoms with Gasteiger partial charge >= 0.3 is 0 Å². The fraction of sp³-hybridized carbons (Fsp3) is 0.833. The van der Waals surface area contributed by atoms with Crippen molar-refractivity contribution in [3.63, 3.8) is 0 Å². The first-order valence-corrected chi connectivity index (χ1v) is 21.1. The normalized spacial score (nSPS) is 27.1. The fourth-order valence-corrected chi connectivity index (χ4v) is 7.01. The van der Waals surface area contributed by atoms with E-state index in [9.17, 15) is 38.7 Å². The Morgan fingerprint density at radius 3 is 1.60 bits per heavy atom. The first kappa shape index (κ1) is 51.3. The Hall–Kier alpha value is -3.75. The van der Waals surface area contributed by atoms with Gasteiger partial charge < -0.3 is 40.7 Å². The predicted octanol–water partition coefficient (Wildman–Crippen LogP) is 2.93. The van der Waals surface area contributed by atoms with Crippen molar-refractivity contribution >= 4 is 41.4 Å². The average molecular weight is 808 g/mol. The van der Waals surface area contributed by atoms with E-state index in [-0.39, 0.29) is 24.7 Å². The van der Waals surface area contributed by atoms with Crippen LogP contribution in [0.1, 0.15) is 128 Å². The minimum absolute atomic E-state index is 0.0274. The van der Waals surface area contributed by atoms with Crippen LogP contribution in [0.2, 0.25) is 0 Å². The molecule has 0 bridgehead atoms. The van der Waals surface area contributed by atoms with Crippen LogP contribution in [0.3, 0.4) is 0 Å². The van der Waals surface area contributed by atoms with E-state index < -0.39 is 102 Å². The molecule has 15 heteroatoms. The van der Waals surface area contributed by atoms with Crippen molar-refractivity contribution in [2.75, 3.05) is 28.2 Å². The van der Waals surface area contributed by atoms with Gasteiger partial charge in [0.15, 0.2) is 0 Å². The fourth-order valence-electron chi connectivity index (χ4n) is 7.01. The molecule has 0 aromatic rings. The summed E-state index contributed by atoms with van der Waals surface area (Å²) < 4.78 is 0. The molecule has 1 fully saturated rings. The minimum atomic E-state index is -1.49. The highest BCUT2D eigenvalue weighted by atomic mass is 16.3. The van der Waals surface area contributed by atoms with Gasteiger partial charge in [0.25, 0.3) is 0 Å². The SMILES string of the molecule is CCCCCC[C@H]1C(=O)N(C)[C@@H](CC(C)C)C(=O)N[C@@H](CC(C)C)C(=O)N(C)[C@@H](C)C(=O)N(C)[C@H](C)C(=O)N[C@H]([C@H](O)C(C)C)C(=O)N[C@H]([C@@H](C)CC)C(=O)N1C.